The van der Waals surface area contributed by atoms with Gasteiger partial charge in [0.25, 0.3) is 0 Å². The summed E-state index contributed by atoms with van der Waals surface area (Å²) in [5.41, 5.74) is 0. The lowest BCUT2D eigenvalue weighted by atomic mass is 9.86. The van der Waals surface area contributed by atoms with Gasteiger partial charge in [0.2, 0.25) is 0 Å². The molecule has 2 unspecified atom stereocenters. The Kier molecular flexibility index (Phi) is 6.20. The number of nitrogens with one attached hydrogen (secondary N) is 1. The van der Waals surface area contributed by atoms with Gasteiger partial charge in [0.15, 0.2) is 0 Å². The van der Waals surface area contributed by atoms with Crippen molar-refractivity contribution in [3.63, 3.8) is 0 Å². The summed E-state index contributed by atoms with van der Waals surface area (Å²) in [5, 5.41) is 3.62. The summed E-state index contributed by atoms with van der Waals surface area (Å²) in [7, 11) is 0. The Bertz CT molecular complexity index is 124. The molecule has 2 atom stereocenters. The Morgan fingerprint density at radius 1 is 1.29 bits per heavy atom. The molecule has 0 saturated heterocycles. The Hall–Kier alpha value is -0.0800. The lowest BCUT2D eigenvalue weighted by Gasteiger charge is -2.29. The molecular weight excluding hydrogens is 174 g/mol. The topological polar surface area (TPSA) is 21.3 Å². The Balaban J connectivity index is 2.14. The van der Waals surface area contributed by atoms with Crippen LogP contribution in [0, 0.1) is 5.92 Å². The predicted molar refractivity (Wildman–Crippen MR) is 60.5 cm³/mol. The fourth-order valence-corrected chi connectivity index (χ4v) is 2.26. The smallest absolute Gasteiger partial charge is 0.0494 e. The average Bonchev–Trinajstić information content (AvgIpc) is 2.24. The Labute approximate surface area is 88.4 Å². The lowest BCUT2D eigenvalue weighted by Crippen LogP contribution is -2.35. The minimum Gasteiger partial charge on any atom is -0.381 e. The molecule has 14 heavy (non-hydrogen) atoms. The van der Waals surface area contributed by atoms with Crippen molar-refractivity contribution >= 4 is 0 Å². The summed E-state index contributed by atoms with van der Waals surface area (Å²) in [6.07, 6.45) is 6.67. The van der Waals surface area contributed by atoms with Gasteiger partial charge in [-0.2, -0.15) is 0 Å². The number of rotatable bonds is 6. The third-order valence-electron chi connectivity index (χ3n) is 3.02. The highest BCUT2D eigenvalue weighted by atomic mass is 16.5. The van der Waals surface area contributed by atoms with E-state index in [1.165, 1.54) is 38.6 Å². The zero-order chi connectivity index (χ0) is 10.2. The van der Waals surface area contributed by atoms with Gasteiger partial charge in [-0.15, -0.1) is 0 Å². The highest BCUT2D eigenvalue weighted by molar-refractivity contribution is 4.77. The molecule has 0 radical (unpaired) electrons. The molecule has 1 aliphatic rings. The highest BCUT2D eigenvalue weighted by Crippen LogP contribution is 2.24. The molecule has 0 aliphatic heterocycles. The van der Waals surface area contributed by atoms with E-state index in [0.29, 0.717) is 0 Å². The molecular formula is C12H25NO. The lowest BCUT2D eigenvalue weighted by molar-refractivity contribution is 0.0878. The second-order valence-corrected chi connectivity index (χ2v) is 4.34. The van der Waals surface area contributed by atoms with E-state index in [1.807, 2.05) is 0 Å². The number of hydrogen-bond acceptors (Lipinski definition) is 2. The fraction of sp³-hybridized carbons (Fsp3) is 1.00. The largest absolute Gasteiger partial charge is 0.381 e. The Morgan fingerprint density at radius 3 is 2.86 bits per heavy atom. The van der Waals surface area contributed by atoms with Crippen LogP contribution in [0.1, 0.15) is 46.0 Å². The van der Waals surface area contributed by atoms with E-state index in [0.717, 1.165) is 25.2 Å². The standard InChI is InChI=1S/C12H25NO/c1-3-8-13-12-7-5-6-11(9-12)10-14-4-2/h11-13H,3-10H2,1-2H3. The molecule has 0 heterocycles. The van der Waals surface area contributed by atoms with E-state index < -0.39 is 0 Å². The van der Waals surface area contributed by atoms with Crippen molar-refractivity contribution in [3.8, 4) is 0 Å². The first-order chi connectivity index (χ1) is 6.86. The zero-order valence-electron chi connectivity index (χ0n) is 9.72. The summed E-state index contributed by atoms with van der Waals surface area (Å²) < 4.78 is 5.50. The van der Waals surface area contributed by atoms with Crippen molar-refractivity contribution < 1.29 is 4.74 Å². The van der Waals surface area contributed by atoms with Gasteiger partial charge in [-0.25, -0.2) is 0 Å². The molecule has 0 spiro atoms. The van der Waals surface area contributed by atoms with Crippen molar-refractivity contribution in [1.82, 2.24) is 5.32 Å². The molecule has 84 valence electrons. The molecule has 1 saturated carbocycles. The highest BCUT2D eigenvalue weighted by Gasteiger charge is 2.21. The molecule has 0 aromatic heterocycles. The van der Waals surface area contributed by atoms with Crippen molar-refractivity contribution in [1.29, 1.82) is 0 Å². The third kappa shape index (κ3) is 4.43. The van der Waals surface area contributed by atoms with Gasteiger partial charge >= 0.3 is 0 Å². The van der Waals surface area contributed by atoms with E-state index in [2.05, 4.69) is 19.2 Å². The minimum atomic E-state index is 0.758. The maximum absolute atomic E-state index is 5.50. The van der Waals surface area contributed by atoms with Crippen molar-refractivity contribution in [2.45, 2.75) is 52.0 Å². The second-order valence-electron chi connectivity index (χ2n) is 4.34. The summed E-state index contributed by atoms with van der Waals surface area (Å²) in [6, 6.07) is 0.758. The third-order valence-corrected chi connectivity index (χ3v) is 3.02. The van der Waals surface area contributed by atoms with Crippen molar-refractivity contribution in [2.75, 3.05) is 19.8 Å². The van der Waals surface area contributed by atoms with Crippen LogP contribution in [0.2, 0.25) is 0 Å². The molecule has 1 aliphatic carbocycles. The number of ether oxygens (including phenoxy) is 1. The monoisotopic (exact) mass is 199 g/mol. The quantitative estimate of drug-likeness (QED) is 0.710. The van der Waals surface area contributed by atoms with E-state index in [4.69, 9.17) is 4.74 Å². The molecule has 0 aromatic carbocycles. The van der Waals surface area contributed by atoms with Crippen LogP contribution < -0.4 is 5.32 Å². The molecule has 2 nitrogen and oxygen atoms in total. The van der Waals surface area contributed by atoms with E-state index in [-0.39, 0.29) is 0 Å². The molecule has 0 amide bonds. The fourth-order valence-electron chi connectivity index (χ4n) is 2.26. The van der Waals surface area contributed by atoms with Crippen LogP contribution in [0.15, 0.2) is 0 Å². The first kappa shape index (κ1) is 12.0. The first-order valence-electron chi connectivity index (χ1n) is 6.18. The van der Waals surface area contributed by atoms with Gasteiger partial charge in [-0.05, 0) is 45.1 Å². The van der Waals surface area contributed by atoms with Gasteiger partial charge in [0.05, 0.1) is 0 Å². The SMILES string of the molecule is CCCNC1CCCC(COCC)C1. The normalized spacial score (nSPS) is 27.9. The van der Waals surface area contributed by atoms with Crippen LogP contribution in [0.25, 0.3) is 0 Å². The van der Waals surface area contributed by atoms with Crippen LogP contribution in [0.3, 0.4) is 0 Å². The average molecular weight is 199 g/mol. The maximum Gasteiger partial charge on any atom is 0.0494 e. The van der Waals surface area contributed by atoms with E-state index in [9.17, 15) is 0 Å². The van der Waals surface area contributed by atoms with Crippen LogP contribution in [-0.2, 0) is 4.74 Å². The van der Waals surface area contributed by atoms with Gasteiger partial charge in [0.1, 0.15) is 0 Å². The van der Waals surface area contributed by atoms with E-state index in [1.54, 1.807) is 0 Å². The summed E-state index contributed by atoms with van der Waals surface area (Å²) in [5.74, 6) is 0.804. The Morgan fingerprint density at radius 2 is 2.14 bits per heavy atom. The van der Waals surface area contributed by atoms with E-state index >= 15 is 0 Å². The van der Waals surface area contributed by atoms with Gasteiger partial charge in [0, 0.05) is 19.3 Å². The molecule has 2 heteroatoms. The van der Waals surface area contributed by atoms with Gasteiger partial charge < -0.3 is 10.1 Å². The summed E-state index contributed by atoms with van der Waals surface area (Å²) in [4.78, 5) is 0. The summed E-state index contributed by atoms with van der Waals surface area (Å²) >= 11 is 0. The molecule has 0 aromatic rings. The van der Waals surface area contributed by atoms with Gasteiger partial charge in [-0.1, -0.05) is 13.3 Å². The van der Waals surface area contributed by atoms with Crippen LogP contribution in [-0.4, -0.2) is 25.8 Å². The summed E-state index contributed by atoms with van der Waals surface area (Å²) in [6.45, 7) is 7.32. The zero-order valence-corrected chi connectivity index (χ0v) is 9.72. The van der Waals surface area contributed by atoms with Crippen LogP contribution >= 0.6 is 0 Å². The molecule has 1 fully saturated rings. The minimum absolute atomic E-state index is 0.758. The first-order valence-corrected chi connectivity index (χ1v) is 6.18. The van der Waals surface area contributed by atoms with Crippen molar-refractivity contribution in [2.24, 2.45) is 5.92 Å². The van der Waals surface area contributed by atoms with Gasteiger partial charge in [-0.3, -0.25) is 0 Å². The molecule has 1 N–H and O–H groups in total. The number of hydrogen-bond donors (Lipinski definition) is 1. The molecule has 1 rings (SSSR count). The predicted octanol–water partition coefficient (Wildman–Crippen LogP) is 2.58. The second kappa shape index (κ2) is 7.24. The van der Waals surface area contributed by atoms with Crippen LogP contribution in [0.5, 0.6) is 0 Å². The van der Waals surface area contributed by atoms with Crippen molar-refractivity contribution in [3.05, 3.63) is 0 Å². The molecule has 0 bridgehead atoms. The van der Waals surface area contributed by atoms with Crippen LogP contribution in [0.4, 0.5) is 0 Å². The maximum atomic E-state index is 5.50.